The first-order valence-corrected chi connectivity index (χ1v) is 10.1. The van der Waals surface area contributed by atoms with E-state index in [4.69, 9.17) is 9.72 Å². The zero-order valence-corrected chi connectivity index (χ0v) is 17.1. The van der Waals surface area contributed by atoms with Crippen LogP contribution in [-0.2, 0) is 12.3 Å². The van der Waals surface area contributed by atoms with Crippen LogP contribution >= 0.6 is 23.1 Å². The van der Waals surface area contributed by atoms with Gasteiger partial charge in [0.15, 0.2) is 5.16 Å². The summed E-state index contributed by atoms with van der Waals surface area (Å²) in [7, 11) is 1.67. The highest BCUT2D eigenvalue weighted by Gasteiger charge is 2.17. The summed E-state index contributed by atoms with van der Waals surface area (Å²) in [6, 6.07) is 6.12. The predicted octanol–water partition coefficient (Wildman–Crippen LogP) is 4.87. The fourth-order valence-electron chi connectivity index (χ4n) is 2.87. The minimum absolute atomic E-state index is 0.00968. The van der Waals surface area contributed by atoms with E-state index in [0.29, 0.717) is 17.5 Å². The maximum absolute atomic E-state index is 13.0. The monoisotopic (exact) mass is 386 g/mol. The number of aryl methyl sites for hydroxylation is 3. The number of methoxy groups -OCH3 is 1. The normalized spacial score (nSPS) is 11.1. The van der Waals surface area contributed by atoms with Gasteiger partial charge in [0, 0.05) is 22.7 Å². The highest BCUT2D eigenvalue weighted by Crippen LogP contribution is 2.31. The van der Waals surface area contributed by atoms with Crippen LogP contribution in [0.15, 0.2) is 40.8 Å². The van der Waals surface area contributed by atoms with Gasteiger partial charge in [-0.1, -0.05) is 35.5 Å². The molecule has 0 fully saturated rings. The second kappa shape index (κ2) is 7.68. The SMILES string of the molecule is C=CCn1c(SCc2cc(C)ccc2OC)nc2sc(C)c(C)c2c1=O. The number of nitrogens with zero attached hydrogens (tertiary/aromatic N) is 2. The summed E-state index contributed by atoms with van der Waals surface area (Å²) in [5.74, 6) is 1.54. The van der Waals surface area contributed by atoms with Gasteiger partial charge in [-0.05, 0) is 32.4 Å². The first-order valence-electron chi connectivity index (χ1n) is 8.34. The Morgan fingerprint density at radius 1 is 1.35 bits per heavy atom. The Hall–Kier alpha value is -2.05. The number of fused-ring (bicyclic) bond motifs is 1. The lowest BCUT2D eigenvalue weighted by Crippen LogP contribution is -2.22. The quantitative estimate of drug-likeness (QED) is 0.344. The summed E-state index contributed by atoms with van der Waals surface area (Å²) in [4.78, 5) is 19.7. The molecule has 0 bridgehead atoms. The van der Waals surface area contributed by atoms with E-state index in [9.17, 15) is 4.79 Å². The Morgan fingerprint density at radius 3 is 2.81 bits per heavy atom. The third-order valence-electron chi connectivity index (χ3n) is 4.36. The molecular formula is C20H22N2O2S2. The number of aromatic nitrogens is 2. The molecule has 0 N–H and O–H groups in total. The van der Waals surface area contributed by atoms with Crippen LogP contribution in [0.3, 0.4) is 0 Å². The Bertz CT molecular complexity index is 1030. The van der Waals surface area contributed by atoms with Crippen LogP contribution in [-0.4, -0.2) is 16.7 Å². The molecule has 136 valence electrons. The van der Waals surface area contributed by atoms with E-state index in [2.05, 4.69) is 19.6 Å². The molecule has 6 heteroatoms. The zero-order chi connectivity index (χ0) is 18.8. The smallest absolute Gasteiger partial charge is 0.263 e. The van der Waals surface area contributed by atoms with Crippen molar-refractivity contribution in [3.05, 3.63) is 62.8 Å². The fourth-order valence-corrected chi connectivity index (χ4v) is 4.93. The van der Waals surface area contributed by atoms with Crippen LogP contribution in [0.5, 0.6) is 5.75 Å². The molecule has 2 aromatic heterocycles. The summed E-state index contributed by atoms with van der Waals surface area (Å²) in [6.07, 6.45) is 1.74. The van der Waals surface area contributed by atoms with Crippen molar-refractivity contribution in [1.29, 1.82) is 0 Å². The van der Waals surface area contributed by atoms with E-state index in [1.807, 2.05) is 26.0 Å². The number of allylic oxidation sites excluding steroid dienone is 1. The van der Waals surface area contributed by atoms with Crippen molar-refractivity contribution >= 4 is 33.3 Å². The van der Waals surface area contributed by atoms with E-state index >= 15 is 0 Å². The molecule has 4 nitrogen and oxygen atoms in total. The molecule has 0 saturated carbocycles. The van der Waals surface area contributed by atoms with Gasteiger partial charge in [-0.15, -0.1) is 17.9 Å². The molecule has 0 radical (unpaired) electrons. The Kier molecular flexibility index (Phi) is 5.53. The Balaban J connectivity index is 2.04. The molecule has 3 aromatic rings. The Morgan fingerprint density at radius 2 is 2.12 bits per heavy atom. The van der Waals surface area contributed by atoms with Crippen LogP contribution in [0.4, 0.5) is 0 Å². The Labute approximate surface area is 161 Å². The third-order valence-corrected chi connectivity index (χ3v) is 6.48. The number of hydrogen-bond donors (Lipinski definition) is 0. The van der Waals surface area contributed by atoms with E-state index in [0.717, 1.165) is 32.0 Å². The lowest BCUT2D eigenvalue weighted by Gasteiger charge is -2.12. The number of thioether (sulfide) groups is 1. The van der Waals surface area contributed by atoms with Gasteiger partial charge in [0.25, 0.3) is 5.56 Å². The number of rotatable bonds is 6. The van der Waals surface area contributed by atoms with Crippen molar-refractivity contribution in [2.45, 2.75) is 38.2 Å². The molecular weight excluding hydrogens is 364 g/mol. The van der Waals surface area contributed by atoms with Crippen molar-refractivity contribution in [3.63, 3.8) is 0 Å². The van der Waals surface area contributed by atoms with Gasteiger partial charge in [-0.25, -0.2) is 4.98 Å². The van der Waals surface area contributed by atoms with Crippen molar-refractivity contribution in [3.8, 4) is 5.75 Å². The summed E-state index contributed by atoms with van der Waals surface area (Å²) in [5.41, 5.74) is 3.31. The minimum atomic E-state index is 0.00968. The standard InChI is InChI=1S/C20H22N2O2S2/c1-6-9-22-19(23)17-13(3)14(4)26-18(17)21-20(22)25-11-15-10-12(2)7-8-16(15)24-5/h6-8,10H,1,9,11H2,2-5H3. The summed E-state index contributed by atoms with van der Waals surface area (Å²) in [5, 5.41) is 1.44. The molecule has 0 unspecified atom stereocenters. The van der Waals surface area contributed by atoms with Crippen LogP contribution < -0.4 is 10.3 Å². The molecule has 0 aliphatic rings. The van der Waals surface area contributed by atoms with Crippen molar-refractivity contribution in [2.24, 2.45) is 0 Å². The molecule has 0 aliphatic heterocycles. The first kappa shape index (κ1) is 18.7. The lowest BCUT2D eigenvalue weighted by atomic mass is 10.1. The number of hydrogen-bond acceptors (Lipinski definition) is 5. The van der Waals surface area contributed by atoms with E-state index in [-0.39, 0.29) is 5.56 Å². The van der Waals surface area contributed by atoms with Gasteiger partial charge >= 0.3 is 0 Å². The largest absolute Gasteiger partial charge is 0.496 e. The second-order valence-corrected chi connectivity index (χ2v) is 8.31. The number of thiophene rings is 1. The van der Waals surface area contributed by atoms with Crippen LogP contribution in [0.1, 0.15) is 21.6 Å². The van der Waals surface area contributed by atoms with Crippen LogP contribution in [0, 0.1) is 20.8 Å². The van der Waals surface area contributed by atoms with Gasteiger partial charge in [-0.3, -0.25) is 9.36 Å². The van der Waals surface area contributed by atoms with E-state index in [1.165, 1.54) is 5.56 Å². The van der Waals surface area contributed by atoms with Crippen molar-refractivity contribution in [1.82, 2.24) is 9.55 Å². The van der Waals surface area contributed by atoms with Crippen molar-refractivity contribution < 1.29 is 4.74 Å². The fraction of sp³-hybridized carbons (Fsp3) is 0.300. The third kappa shape index (κ3) is 3.44. The molecule has 0 atom stereocenters. The maximum atomic E-state index is 13.0. The van der Waals surface area contributed by atoms with E-state index in [1.54, 1.807) is 40.9 Å². The highest BCUT2D eigenvalue weighted by atomic mass is 32.2. The number of ether oxygens (including phenoxy) is 1. The molecule has 2 heterocycles. The molecule has 26 heavy (non-hydrogen) atoms. The van der Waals surface area contributed by atoms with Gasteiger partial charge in [0.1, 0.15) is 10.6 Å². The molecule has 0 spiro atoms. The molecule has 0 amide bonds. The average molecular weight is 387 g/mol. The van der Waals surface area contributed by atoms with E-state index < -0.39 is 0 Å². The van der Waals surface area contributed by atoms with Gasteiger partial charge in [0.2, 0.25) is 0 Å². The van der Waals surface area contributed by atoms with Crippen LogP contribution in [0.25, 0.3) is 10.2 Å². The lowest BCUT2D eigenvalue weighted by molar-refractivity contribution is 0.411. The molecule has 0 saturated heterocycles. The maximum Gasteiger partial charge on any atom is 0.263 e. The summed E-state index contributed by atoms with van der Waals surface area (Å²) in [6.45, 7) is 10.3. The molecule has 1 aromatic carbocycles. The minimum Gasteiger partial charge on any atom is -0.496 e. The second-order valence-electron chi connectivity index (χ2n) is 6.17. The van der Waals surface area contributed by atoms with Crippen molar-refractivity contribution in [2.75, 3.05) is 7.11 Å². The predicted molar refractivity (Wildman–Crippen MR) is 111 cm³/mol. The van der Waals surface area contributed by atoms with Gasteiger partial charge < -0.3 is 4.74 Å². The highest BCUT2D eigenvalue weighted by molar-refractivity contribution is 7.98. The average Bonchev–Trinajstić information content (AvgIpc) is 2.90. The molecule has 3 rings (SSSR count). The van der Waals surface area contributed by atoms with Gasteiger partial charge in [-0.2, -0.15) is 0 Å². The summed E-state index contributed by atoms with van der Waals surface area (Å²) >= 11 is 3.13. The number of benzene rings is 1. The zero-order valence-electron chi connectivity index (χ0n) is 15.5. The summed E-state index contributed by atoms with van der Waals surface area (Å²) < 4.78 is 7.17. The first-order chi connectivity index (χ1) is 12.5. The van der Waals surface area contributed by atoms with Crippen LogP contribution in [0.2, 0.25) is 0 Å². The molecule has 0 aliphatic carbocycles. The van der Waals surface area contributed by atoms with Gasteiger partial charge in [0.05, 0.1) is 12.5 Å². The topological polar surface area (TPSA) is 44.1 Å².